The summed E-state index contributed by atoms with van der Waals surface area (Å²) in [6.45, 7) is 2.69. The Morgan fingerprint density at radius 3 is 2.88 bits per heavy atom. The Kier molecular flexibility index (Phi) is 5.21. The molecule has 0 aliphatic rings. The first-order chi connectivity index (χ1) is 7.67. The number of halogens is 1. The van der Waals surface area contributed by atoms with Crippen LogP contribution >= 0.6 is 15.9 Å². The summed E-state index contributed by atoms with van der Waals surface area (Å²) in [5.74, 6) is 0. The lowest BCUT2D eigenvalue weighted by molar-refractivity contribution is 0.192. The highest BCUT2D eigenvalue weighted by Gasteiger charge is 2.10. The topological polar surface area (TPSA) is 65.5 Å². The van der Waals surface area contributed by atoms with E-state index < -0.39 is 0 Å². The predicted octanol–water partition coefficient (Wildman–Crippen LogP) is 1.69. The van der Waals surface area contributed by atoms with Gasteiger partial charge in [-0.1, -0.05) is 0 Å². The van der Waals surface area contributed by atoms with Gasteiger partial charge >= 0.3 is 6.03 Å². The van der Waals surface area contributed by atoms with Crippen LogP contribution in [0.4, 0.5) is 10.5 Å². The summed E-state index contributed by atoms with van der Waals surface area (Å²) in [6.07, 6.45) is 1.56. The minimum absolute atomic E-state index is 0.0418. The van der Waals surface area contributed by atoms with Gasteiger partial charge in [-0.25, -0.2) is 9.78 Å². The maximum Gasteiger partial charge on any atom is 0.321 e. The summed E-state index contributed by atoms with van der Waals surface area (Å²) < 4.78 is 0.716. The number of amides is 2. The van der Waals surface area contributed by atoms with Gasteiger partial charge in [0.2, 0.25) is 0 Å². The third-order valence-electron chi connectivity index (χ3n) is 2.02. The minimum Gasteiger partial charge on any atom is -0.395 e. The first-order valence-corrected chi connectivity index (χ1v) is 5.75. The number of carbonyl (C=O) groups excluding carboxylic acids is 1. The fourth-order valence-corrected chi connectivity index (χ4v) is 1.41. The molecule has 5 nitrogen and oxygen atoms in total. The van der Waals surface area contributed by atoms with Gasteiger partial charge in [0.25, 0.3) is 0 Å². The molecule has 0 unspecified atom stereocenters. The van der Waals surface area contributed by atoms with Gasteiger partial charge in [0.15, 0.2) is 0 Å². The minimum atomic E-state index is -0.235. The molecule has 1 aromatic rings. The zero-order valence-corrected chi connectivity index (χ0v) is 10.6. The summed E-state index contributed by atoms with van der Waals surface area (Å²) in [5, 5.41) is 11.5. The number of carbonyl (C=O) groups is 1. The Morgan fingerprint density at radius 1 is 1.62 bits per heavy atom. The van der Waals surface area contributed by atoms with Crippen LogP contribution in [-0.4, -0.2) is 40.7 Å². The number of rotatable bonds is 4. The number of aromatic nitrogens is 1. The molecule has 0 bridgehead atoms. The molecule has 2 amide bonds. The van der Waals surface area contributed by atoms with Gasteiger partial charge in [-0.2, -0.15) is 0 Å². The average Bonchev–Trinajstić information content (AvgIpc) is 2.29. The van der Waals surface area contributed by atoms with Gasteiger partial charge in [0.1, 0.15) is 4.60 Å². The number of hydrogen-bond donors (Lipinski definition) is 2. The van der Waals surface area contributed by atoms with Crippen LogP contribution < -0.4 is 5.32 Å². The Bertz CT molecular complexity index is 342. The maximum absolute atomic E-state index is 11.7. The van der Waals surface area contributed by atoms with Gasteiger partial charge < -0.3 is 15.3 Å². The van der Waals surface area contributed by atoms with Crippen molar-refractivity contribution < 1.29 is 9.90 Å². The Balaban J connectivity index is 2.59. The number of anilines is 1. The quantitative estimate of drug-likeness (QED) is 0.829. The Hall–Kier alpha value is -1.14. The first kappa shape index (κ1) is 12.9. The second-order valence-corrected chi connectivity index (χ2v) is 3.92. The summed E-state index contributed by atoms with van der Waals surface area (Å²) in [7, 11) is 0. The lowest BCUT2D eigenvalue weighted by Gasteiger charge is -2.19. The molecule has 0 atom stereocenters. The van der Waals surface area contributed by atoms with Crippen molar-refractivity contribution in [2.24, 2.45) is 0 Å². The van der Waals surface area contributed by atoms with Crippen molar-refractivity contribution in [3.63, 3.8) is 0 Å². The molecule has 0 spiro atoms. The van der Waals surface area contributed by atoms with Crippen molar-refractivity contribution >= 4 is 27.6 Å². The molecule has 88 valence electrons. The SMILES string of the molecule is CCN(CCO)C(=O)Nc1ccc(Br)nc1. The highest BCUT2D eigenvalue weighted by Crippen LogP contribution is 2.10. The van der Waals surface area contributed by atoms with Crippen molar-refractivity contribution in [1.29, 1.82) is 0 Å². The number of urea groups is 1. The summed E-state index contributed by atoms with van der Waals surface area (Å²) in [5.41, 5.74) is 0.629. The van der Waals surface area contributed by atoms with E-state index >= 15 is 0 Å². The average molecular weight is 288 g/mol. The molecule has 0 aliphatic heterocycles. The maximum atomic E-state index is 11.7. The summed E-state index contributed by atoms with van der Waals surface area (Å²) in [4.78, 5) is 17.2. The van der Waals surface area contributed by atoms with E-state index in [1.807, 2.05) is 6.92 Å². The number of aliphatic hydroxyl groups excluding tert-OH is 1. The number of likely N-dealkylation sites (N-methyl/N-ethyl adjacent to an activating group) is 1. The smallest absolute Gasteiger partial charge is 0.321 e. The van der Waals surface area contributed by atoms with Crippen LogP contribution in [0.2, 0.25) is 0 Å². The van der Waals surface area contributed by atoms with Crippen LogP contribution in [0.3, 0.4) is 0 Å². The largest absolute Gasteiger partial charge is 0.395 e. The number of pyridine rings is 1. The third-order valence-corrected chi connectivity index (χ3v) is 2.49. The van der Waals surface area contributed by atoms with E-state index in [2.05, 4.69) is 26.2 Å². The Labute approximate surface area is 103 Å². The number of hydrogen-bond acceptors (Lipinski definition) is 3. The van der Waals surface area contributed by atoms with Crippen LogP contribution in [0.15, 0.2) is 22.9 Å². The highest BCUT2D eigenvalue weighted by atomic mass is 79.9. The molecule has 6 heteroatoms. The number of aliphatic hydroxyl groups is 1. The van der Waals surface area contributed by atoms with Crippen LogP contribution in [-0.2, 0) is 0 Å². The van der Waals surface area contributed by atoms with E-state index in [4.69, 9.17) is 5.11 Å². The van der Waals surface area contributed by atoms with E-state index in [-0.39, 0.29) is 12.6 Å². The molecule has 1 aromatic heterocycles. The fraction of sp³-hybridized carbons (Fsp3) is 0.400. The monoisotopic (exact) mass is 287 g/mol. The van der Waals surface area contributed by atoms with Crippen molar-refractivity contribution in [1.82, 2.24) is 9.88 Å². The van der Waals surface area contributed by atoms with Crippen LogP contribution in [0.1, 0.15) is 6.92 Å². The van der Waals surface area contributed by atoms with Gasteiger partial charge in [-0.05, 0) is 35.0 Å². The number of nitrogens with zero attached hydrogens (tertiary/aromatic N) is 2. The second-order valence-electron chi connectivity index (χ2n) is 3.10. The second kappa shape index (κ2) is 6.44. The predicted molar refractivity (Wildman–Crippen MR) is 65.3 cm³/mol. The van der Waals surface area contributed by atoms with Crippen LogP contribution in [0.25, 0.3) is 0 Å². The standard InChI is InChI=1S/C10H14BrN3O2/c1-2-14(5-6-15)10(16)13-8-3-4-9(11)12-7-8/h3-4,7,15H,2,5-6H2,1H3,(H,13,16). The zero-order chi connectivity index (χ0) is 12.0. The highest BCUT2D eigenvalue weighted by molar-refractivity contribution is 9.10. The Morgan fingerprint density at radius 2 is 2.38 bits per heavy atom. The lowest BCUT2D eigenvalue weighted by atomic mass is 10.4. The normalized spacial score (nSPS) is 9.94. The van der Waals surface area contributed by atoms with E-state index in [9.17, 15) is 4.79 Å². The molecular formula is C10H14BrN3O2. The van der Waals surface area contributed by atoms with Gasteiger partial charge in [0.05, 0.1) is 18.5 Å². The molecule has 1 heterocycles. The van der Waals surface area contributed by atoms with Crippen molar-refractivity contribution in [3.8, 4) is 0 Å². The fourth-order valence-electron chi connectivity index (χ4n) is 1.18. The molecule has 0 aliphatic carbocycles. The molecule has 0 aromatic carbocycles. The van der Waals surface area contributed by atoms with Gasteiger partial charge in [0, 0.05) is 13.1 Å². The molecule has 0 saturated carbocycles. The molecule has 0 fully saturated rings. The summed E-state index contributed by atoms with van der Waals surface area (Å²) in [6, 6.07) is 3.26. The first-order valence-electron chi connectivity index (χ1n) is 4.95. The lowest BCUT2D eigenvalue weighted by Crippen LogP contribution is -2.36. The van der Waals surface area contributed by atoms with Crippen molar-refractivity contribution in [3.05, 3.63) is 22.9 Å². The molecule has 0 saturated heterocycles. The molecule has 16 heavy (non-hydrogen) atoms. The molecule has 1 rings (SSSR count). The molecular weight excluding hydrogens is 274 g/mol. The van der Waals surface area contributed by atoms with Crippen molar-refractivity contribution in [2.45, 2.75) is 6.92 Å². The van der Waals surface area contributed by atoms with E-state index in [1.54, 1.807) is 18.3 Å². The van der Waals surface area contributed by atoms with Gasteiger partial charge in [-0.15, -0.1) is 0 Å². The van der Waals surface area contributed by atoms with E-state index in [0.717, 1.165) is 0 Å². The number of nitrogens with one attached hydrogen (secondary N) is 1. The van der Waals surface area contributed by atoms with E-state index in [1.165, 1.54) is 4.90 Å². The van der Waals surface area contributed by atoms with E-state index in [0.29, 0.717) is 23.4 Å². The zero-order valence-electron chi connectivity index (χ0n) is 8.98. The molecule has 2 N–H and O–H groups in total. The van der Waals surface area contributed by atoms with Crippen LogP contribution in [0.5, 0.6) is 0 Å². The molecule has 0 radical (unpaired) electrons. The van der Waals surface area contributed by atoms with Crippen LogP contribution in [0, 0.1) is 0 Å². The van der Waals surface area contributed by atoms with Gasteiger partial charge in [-0.3, -0.25) is 0 Å². The third kappa shape index (κ3) is 3.79. The van der Waals surface area contributed by atoms with Crippen molar-refractivity contribution in [2.75, 3.05) is 25.0 Å². The summed E-state index contributed by atoms with van der Waals surface area (Å²) >= 11 is 3.21.